The van der Waals surface area contributed by atoms with Gasteiger partial charge in [-0.05, 0) is 53.4 Å². The van der Waals surface area contributed by atoms with Crippen LogP contribution in [0.5, 0.6) is 0 Å². The molecule has 102 valence electrons. The van der Waals surface area contributed by atoms with Crippen molar-refractivity contribution in [1.29, 1.82) is 0 Å². The van der Waals surface area contributed by atoms with Crippen molar-refractivity contribution in [3.05, 3.63) is 33.8 Å². The van der Waals surface area contributed by atoms with Gasteiger partial charge < -0.3 is 5.32 Å². The third kappa shape index (κ3) is 3.75. The topological polar surface area (TPSA) is 12.0 Å². The van der Waals surface area contributed by atoms with Gasteiger partial charge in [0.2, 0.25) is 0 Å². The fourth-order valence-corrected chi connectivity index (χ4v) is 2.80. The van der Waals surface area contributed by atoms with Crippen LogP contribution >= 0.6 is 15.9 Å². The summed E-state index contributed by atoms with van der Waals surface area (Å²) < 4.78 is 28.0. The van der Waals surface area contributed by atoms with Gasteiger partial charge in [0, 0.05) is 12.1 Å². The van der Waals surface area contributed by atoms with Gasteiger partial charge in [0.15, 0.2) is 0 Å². The molecule has 1 aromatic carbocycles. The van der Waals surface area contributed by atoms with Gasteiger partial charge in [-0.15, -0.1) is 0 Å². The Kier molecular flexibility index (Phi) is 5.73. The maximum Gasteiger partial charge on any atom is 0.143 e. The summed E-state index contributed by atoms with van der Waals surface area (Å²) in [5.41, 5.74) is 0.0435. The molecule has 0 spiro atoms. The lowest BCUT2D eigenvalue weighted by Crippen LogP contribution is -2.32. The van der Waals surface area contributed by atoms with Crippen molar-refractivity contribution >= 4 is 15.9 Å². The van der Waals surface area contributed by atoms with Crippen LogP contribution in [0.1, 0.15) is 32.3 Å². The Morgan fingerprint density at radius 3 is 2.56 bits per heavy atom. The van der Waals surface area contributed by atoms with Gasteiger partial charge in [-0.1, -0.05) is 20.3 Å². The van der Waals surface area contributed by atoms with Crippen LogP contribution in [-0.4, -0.2) is 13.6 Å². The van der Waals surface area contributed by atoms with Crippen LogP contribution in [-0.2, 0) is 6.42 Å². The van der Waals surface area contributed by atoms with E-state index >= 15 is 0 Å². The Morgan fingerprint density at radius 1 is 1.33 bits per heavy atom. The number of benzene rings is 1. The zero-order chi connectivity index (χ0) is 13.8. The maximum absolute atomic E-state index is 14.0. The van der Waals surface area contributed by atoms with Gasteiger partial charge >= 0.3 is 0 Å². The standard InChI is InChI=1S/C14H20BrF2N/c1-4-7-14(2,9-18-3)8-10-12(16)6-5-11(15)13(10)17/h5-6,18H,4,7-9H2,1-3H3. The molecule has 1 atom stereocenters. The molecule has 0 aromatic heterocycles. The third-order valence-electron chi connectivity index (χ3n) is 3.20. The highest BCUT2D eigenvalue weighted by molar-refractivity contribution is 9.10. The quantitative estimate of drug-likeness (QED) is 0.771. The Morgan fingerprint density at radius 2 is 2.00 bits per heavy atom. The van der Waals surface area contributed by atoms with E-state index in [1.807, 2.05) is 7.05 Å². The zero-order valence-electron chi connectivity index (χ0n) is 11.1. The highest BCUT2D eigenvalue weighted by Gasteiger charge is 2.26. The molecule has 0 fully saturated rings. The predicted molar refractivity (Wildman–Crippen MR) is 74.7 cm³/mol. The molecule has 1 unspecified atom stereocenters. The molecule has 0 bridgehead atoms. The lowest BCUT2D eigenvalue weighted by Gasteiger charge is -2.29. The predicted octanol–water partition coefficient (Wildman–Crippen LogP) is 4.30. The van der Waals surface area contributed by atoms with E-state index in [1.165, 1.54) is 12.1 Å². The first-order chi connectivity index (χ1) is 8.43. The summed E-state index contributed by atoms with van der Waals surface area (Å²) in [4.78, 5) is 0. The molecule has 0 heterocycles. The monoisotopic (exact) mass is 319 g/mol. The van der Waals surface area contributed by atoms with E-state index in [2.05, 4.69) is 35.1 Å². The van der Waals surface area contributed by atoms with Crippen molar-refractivity contribution in [1.82, 2.24) is 5.32 Å². The Bertz CT molecular complexity index is 401. The van der Waals surface area contributed by atoms with E-state index < -0.39 is 11.6 Å². The number of nitrogens with one attached hydrogen (secondary N) is 1. The summed E-state index contributed by atoms with van der Waals surface area (Å²) in [6.07, 6.45) is 2.33. The minimum absolute atomic E-state index is 0.133. The molecular formula is C14H20BrF2N. The average molecular weight is 320 g/mol. The summed E-state index contributed by atoms with van der Waals surface area (Å²) in [6.45, 7) is 4.89. The van der Waals surface area contributed by atoms with E-state index in [9.17, 15) is 8.78 Å². The molecule has 4 heteroatoms. The average Bonchev–Trinajstić information content (AvgIpc) is 2.30. The SMILES string of the molecule is CCCC(C)(CNC)Cc1c(F)ccc(Br)c1F. The second-order valence-corrected chi connectivity index (χ2v) is 5.94. The molecule has 18 heavy (non-hydrogen) atoms. The Hall–Kier alpha value is -0.480. The van der Waals surface area contributed by atoms with E-state index in [0.717, 1.165) is 19.4 Å². The lowest BCUT2D eigenvalue weighted by atomic mass is 9.79. The number of rotatable bonds is 6. The Labute approximate surface area is 116 Å². The molecule has 0 saturated heterocycles. The van der Waals surface area contributed by atoms with Crippen molar-refractivity contribution in [3.8, 4) is 0 Å². The zero-order valence-corrected chi connectivity index (χ0v) is 12.7. The van der Waals surface area contributed by atoms with Gasteiger partial charge in [0.1, 0.15) is 11.6 Å². The molecule has 0 amide bonds. The second-order valence-electron chi connectivity index (χ2n) is 5.09. The molecule has 1 nitrogen and oxygen atoms in total. The van der Waals surface area contributed by atoms with Crippen LogP contribution in [0.15, 0.2) is 16.6 Å². The van der Waals surface area contributed by atoms with Gasteiger partial charge in [-0.2, -0.15) is 0 Å². The lowest BCUT2D eigenvalue weighted by molar-refractivity contribution is 0.275. The first-order valence-electron chi connectivity index (χ1n) is 6.20. The minimum Gasteiger partial charge on any atom is -0.319 e. The molecule has 0 aliphatic carbocycles. The summed E-state index contributed by atoms with van der Waals surface area (Å²) in [6, 6.07) is 2.72. The van der Waals surface area contributed by atoms with Crippen LogP contribution in [0.25, 0.3) is 0 Å². The summed E-state index contributed by atoms with van der Waals surface area (Å²) in [7, 11) is 1.86. The first kappa shape index (κ1) is 15.6. The highest BCUT2D eigenvalue weighted by atomic mass is 79.9. The number of halogens is 3. The van der Waals surface area contributed by atoms with Crippen molar-refractivity contribution in [3.63, 3.8) is 0 Å². The Balaban J connectivity index is 3.04. The molecule has 0 aliphatic heterocycles. The van der Waals surface area contributed by atoms with Gasteiger partial charge in [-0.3, -0.25) is 0 Å². The molecular weight excluding hydrogens is 300 g/mol. The van der Waals surface area contributed by atoms with Crippen molar-refractivity contribution in [2.75, 3.05) is 13.6 Å². The minimum atomic E-state index is -0.478. The summed E-state index contributed by atoms with van der Waals surface area (Å²) >= 11 is 3.11. The van der Waals surface area contributed by atoms with Crippen molar-refractivity contribution < 1.29 is 8.78 Å². The maximum atomic E-state index is 14.0. The largest absolute Gasteiger partial charge is 0.319 e. The van der Waals surface area contributed by atoms with Gasteiger partial charge in [0.25, 0.3) is 0 Å². The van der Waals surface area contributed by atoms with E-state index in [1.54, 1.807) is 0 Å². The van der Waals surface area contributed by atoms with Crippen LogP contribution in [0.4, 0.5) is 8.78 Å². The second kappa shape index (κ2) is 6.62. The van der Waals surface area contributed by atoms with Crippen molar-refractivity contribution in [2.45, 2.75) is 33.1 Å². The normalized spacial score (nSPS) is 14.6. The fourth-order valence-electron chi connectivity index (χ4n) is 2.43. The van der Waals surface area contributed by atoms with Gasteiger partial charge in [-0.25, -0.2) is 8.78 Å². The van der Waals surface area contributed by atoms with Crippen LogP contribution in [0.3, 0.4) is 0 Å². The molecule has 1 N–H and O–H groups in total. The fraction of sp³-hybridized carbons (Fsp3) is 0.571. The molecule has 0 aliphatic rings. The first-order valence-corrected chi connectivity index (χ1v) is 7.00. The van der Waals surface area contributed by atoms with Crippen LogP contribution < -0.4 is 5.32 Å². The molecule has 1 rings (SSSR count). The molecule has 0 radical (unpaired) electrons. The highest BCUT2D eigenvalue weighted by Crippen LogP contribution is 2.31. The third-order valence-corrected chi connectivity index (χ3v) is 3.81. The van der Waals surface area contributed by atoms with Crippen LogP contribution in [0.2, 0.25) is 0 Å². The number of hydrogen-bond donors (Lipinski definition) is 1. The van der Waals surface area contributed by atoms with Crippen LogP contribution in [0, 0.1) is 17.0 Å². The summed E-state index contributed by atoms with van der Waals surface area (Å²) in [5.74, 6) is -0.942. The number of hydrogen-bond acceptors (Lipinski definition) is 1. The molecule has 1 aromatic rings. The summed E-state index contributed by atoms with van der Waals surface area (Å²) in [5, 5.41) is 3.11. The van der Waals surface area contributed by atoms with E-state index in [-0.39, 0.29) is 11.0 Å². The van der Waals surface area contributed by atoms with E-state index in [4.69, 9.17) is 0 Å². The van der Waals surface area contributed by atoms with Crippen molar-refractivity contribution in [2.24, 2.45) is 5.41 Å². The smallest absolute Gasteiger partial charge is 0.143 e. The van der Waals surface area contributed by atoms with Gasteiger partial charge in [0.05, 0.1) is 4.47 Å². The van der Waals surface area contributed by atoms with E-state index in [0.29, 0.717) is 10.9 Å². The molecule has 0 saturated carbocycles.